The zero-order valence-electron chi connectivity index (χ0n) is 16.7. The van der Waals surface area contributed by atoms with Gasteiger partial charge in [-0.15, -0.1) is 0 Å². The molecule has 1 heterocycles. The number of hydrogen-bond acceptors (Lipinski definition) is 6. The Kier molecular flexibility index (Phi) is 5.42. The summed E-state index contributed by atoms with van der Waals surface area (Å²) in [7, 11) is -0.661. The van der Waals surface area contributed by atoms with Crippen LogP contribution < -0.4 is 4.74 Å². The number of furan rings is 1. The van der Waals surface area contributed by atoms with E-state index in [9.17, 15) is 13.2 Å². The summed E-state index contributed by atoms with van der Waals surface area (Å²) in [5.74, 6) is 0.253. The van der Waals surface area contributed by atoms with E-state index in [-0.39, 0.29) is 22.5 Å². The van der Waals surface area contributed by atoms with Crippen molar-refractivity contribution in [3.05, 3.63) is 41.9 Å². The van der Waals surface area contributed by atoms with Crippen molar-refractivity contribution in [2.45, 2.75) is 43.1 Å². The molecule has 0 amide bonds. The standard InChI is InChI=1S/C22H26O6S/c1-26-21-18(16-9-10-28-12-16)8-7-17(20(21)22(23)27-2)13-29(24,25)19-11-14-3-5-15(19)6-4-14/h7-10,12,14-15,19H,3-6,11,13H2,1-2H3. The highest BCUT2D eigenvalue weighted by atomic mass is 32.2. The predicted molar refractivity (Wildman–Crippen MR) is 109 cm³/mol. The van der Waals surface area contributed by atoms with E-state index in [1.807, 2.05) is 0 Å². The Morgan fingerprint density at radius 2 is 1.90 bits per heavy atom. The highest BCUT2D eigenvalue weighted by Crippen LogP contribution is 2.45. The number of fused-ring (bicyclic) bond motifs is 3. The third kappa shape index (κ3) is 3.68. The minimum atomic E-state index is -3.40. The molecule has 1 aromatic carbocycles. The largest absolute Gasteiger partial charge is 0.495 e. The van der Waals surface area contributed by atoms with E-state index in [1.54, 1.807) is 24.5 Å². The van der Waals surface area contributed by atoms with E-state index in [0.29, 0.717) is 22.8 Å². The molecule has 1 unspecified atom stereocenters. The minimum Gasteiger partial charge on any atom is -0.495 e. The first-order chi connectivity index (χ1) is 13.9. The fraction of sp³-hybridized carbons (Fsp3) is 0.500. The van der Waals surface area contributed by atoms with E-state index in [2.05, 4.69) is 0 Å². The molecule has 7 heteroatoms. The highest BCUT2D eigenvalue weighted by molar-refractivity contribution is 7.91. The third-order valence-electron chi connectivity index (χ3n) is 6.47. The Bertz CT molecular complexity index is 985. The molecule has 0 N–H and O–H groups in total. The molecule has 2 bridgehead atoms. The van der Waals surface area contributed by atoms with Crippen molar-refractivity contribution in [3.8, 4) is 16.9 Å². The van der Waals surface area contributed by atoms with E-state index in [0.717, 1.165) is 37.7 Å². The van der Waals surface area contributed by atoms with Gasteiger partial charge < -0.3 is 13.9 Å². The van der Waals surface area contributed by atoms with E-state index in [1.165, 1.54) is 20.5 Å². The molecule has 0 saturated heterocycles. The SMILES string of the molecule is COC(=O)c1c(CS(=O)(=O)C2CC3CCC2CC3)ccc(-c2ccoc2)c1OC. The summed E-state index contributed by atoms with van der Waals surface area (Å²) >= 11 is 0. The van der Waals surface area contributed by atoms with Gasteiger partial charge in [0.1, 0.15) is 11.3 Å². The van der Waals surface area contributed by atoms with Crippen LogP contribution in [-0.4, -0.2) is 33.9 Å². The second-order valence-corrected chi connectivity index (χ2v) is 10.3. The summed E-state index contributed by atoms with van der Waals surface area (Å²) in [6.07, 6.45) is 8.07. The fourth-order valence-corrected chi connectivity index (χ4v) is 7.32. The van der Waals surface area contributed by atoms with Crippen molar-refractivity contribution >= 4 is 15.8 Å². The van der Waals surface area contributed by atoms with Gasteiger partial charge in [0.2, 0.25) is 0 Å². The van der Waals surface area contributed by atoms with Crippen LogP contribution in [0.15, 0.2) is 35.1 Å². The van der Waals surface area contributed by atoms with Crippen molar-refractivity contribution in [2.24, 2.45) is 11.8 Å². The van der Waals surface area contributed by atoms with Crippen LogP contribution >= 0.6 is 0 Å². The molecule has 29 heavy (non-hydrogen) atoms. The number of rotatable bonds is 6. The maximum atomic E-state index is 13.3. The summed E-state index contributed by atoms with van der Waals surface area (Å²) in [6.45, 7) is 0. The molecule has 5 rings (SSSR count). The number of carbonyl (C=O) groups is 1. The molecular weight excluding hydrogens is 392 g/mol. The van der Waals surface area contributed by atoms with Gasteiger partial charge in [-0.25, -0.2) is 13.2 Å². The van der Waals surface area contributed by atoms with Gasteiger partial charge in [0, 0.05) is 11.1 Å². The number of benzene rings is 1. The quantitative estimate of drug-likeness (QED) is 0.653. The van der Waals surface area contributed by atoms with E-state index < -0.39 is 15.8 Å². The van der Waals surface area contributed by atoms with Crippen LogP contribution in [0.3, 0.4) is 0 Å². The first-order valence-corrected chi connectivity index (χ1v) is 11.7. The number of methoxy groups -OCH3 is 2. The van der Waals surface area contributed by atoms with E-state index >= 15 is 0 Å². The lowest BCUT2D eigenvalue weighted by Crippen LogP contribution is -2.41. The Morgan fingerprint density at radius 3 is 2.45 bits per heavy atom. The van der Waals surface area contributed by atoms with Gasteiger partial charge >= 0.3 is 5.97 Å². The maximum absolute atomic E-state index is 13.3. The molecule has 6 nitrogen and oxygen atoms in total. The monoisotopic (exact) mass is 418 g/mol. The zero-order chi connectivity index (χ0) is 20.6. The molecule has 1 aromatic heterocycles. The van der Waals surface area contributed by atoms with Gasteiger partial charge in [-0.2, -0.15) is 0 Å². The van der Waals surface area contributed by atoms with Gasteiger partial charge in [-0.05, 0) is 42.7 Å². The van der Waals surface area contributed by atoms with Crippen molar-refractivity contribution in [2.75, 3.05) is 14.2 Å². The van der Waals surface area contributed by atoms with Gasteiger partial charge in [0.15, 0.2) is 9.84 Å². The van der Waals surface area contributed by atoms with Gasteiger partial charge in [-0.3, -0.25) is 0 Å². The van der Waals surface area contributed by atoms with Crippen LogP contribution in [0.5, 0.6) is 5.75 Å². The molecule has 3 fully saturated rings. The molecular formula is C22H26O6S. The number of esters is 1. The Morgan fingerprint density at radius 1 is 1.14 bits per heavy atom. The Hall–Kier alpha value is -2.28. The van der Waals surface area contributed by atoms with Crippen LogP contribution in [0.25, 0.3) is 11.1 Å². The molecule has 0 spiro atoms. The number of sulfone groups is 1. The average Bonchev–Trinajstić information content (AvgIpc) is 3.28. The zero-order valence-corrected chi connectivity index (χ0v) is 17.5. The predicted octanol–water partition coefficient (Wildman–Crippen LogP) is 4.24. The maximum Gasteiger partial charge on any atom is 0.341 e. The number of ether oxygens (including phenoxy) is 2. The van der Waals surface area contributed by atoms with Crippen LogP contribution in [0.4, 0.5) is 0 Å². The van der Waals surface area contributed by atoms with Crippen LogP contribution in [-0.2, 0) is 20.3 Å². The highest BCUT2D eigenvalue weighted by Gasteiger charge is 2.43. The average molecular weight is 419 g/mol. The molecule has 2 aromatic rings. The van der Waals surface area contributed by atoms with Crippen LogP contribution in [0.2, 0.25) is 0 Å². The molecule has 0 aliphatic heterocycles. The van der Waals surface area contributed by atoms with Gasteiger partial charge in [0.05, 0.1) is 37.7 Å². The second-order valence-electron chi connectivity index (χ2n) is 8.05. The van der Waals surface area contributed by atoms with Crippen molar-refractivity contribution in [1.82, 2.24) is 0 Å². The molecule has 3 aliphatic carbocycles. The smallest absolute Gasteiger partial charge is 0.341 e. The summed E-state index contributed by atoms with van der Waals surface area (Å²) in [5, 5.41) is -0.319. The van der Waals surface area contributed by atoms with Crippen LogP contribution in [0, 0.1) is 11.8 Å². The topological polar surface area (TPSA) is 82.8 Å². The van der Waals surface area contributed by atoms with E-state index in [4.69, 9.17) is 13.9 Å². The minimum absolute atomic E-state index is 0.165. The molecule has 156 valence electrons. The molecule has 3 aliphatic rings. The lowest BCUT2D eigenvalue weighted by molar-refractivity contribution is 0.0596. The number of carbonyl (C=O) groups excluding carboxylic acids is 1. The summed E-state index contributed by atoms with van der Waals surface area (Å²) in [6, 6.07) is 5.22. The molecule has 1 atom stereocenters. The normalized spacial score (nSPS) is 23.7. The van der Waals surface area contributed by atoms with Crippen LogP contribution in [0.1, 0.15) is 48.0 Å². The lowest BCUT2D eigenvalue weighted by atomic mass is 9.70. The molecule has 0 radical (unpaired) electrons. The van der Waals surface area contributed by atoms with Crippen molar-refractivity contribution < 1.29 is 27.1 Å². The summed E-state index contributed by atoms with van der Waals surface area (Å²) < 4.78 is 42.3. The van der Waals surface area contributed by atoms with Gasteiger partial charge in [-0.1, -0.05) is 25.0 Å². The Balaban J connectivity index is 1.74. The first-order valence-electron chi connectivity index (χ1n) is 9.97. The second kappa shape index (κ2) is 7.86. The summed E-state index contributed by atoms with van der Waals surface area (Å²) in [4.78, 5) is 12.6. The Labute approximate surface area is 171 Å². The van der Waals surface area contributed by atoms with Crippen molar-refractivity contribution in [1.29, 1.82) is 0 Å². The summed E-state index contributed by atoms with van der Waals surface area (Å²) in [5.41, 5.74) is 1.98. The molecule has 3 saturated carbocycles. The lowest BCUT2D eigenvalue weighted by Gasteiger charge is -2.41. The van der Waals surface area contributed by atoms with Crippen molar-refractivity contribution in [3.63, 3.8) is 0 Å². The third-order valence-corrected chi connectivity index (χ3v) is 8.68. The number of hydrogen-bond donors (Lipinski definition) is 0. The first kappa shape index (κ1) is 20.0. The van der Waals surface area contributed by atoms with Gasteiger partial charge in [0.25, 0.3) is 0 Å². The fourth-order valence-electron chi connectivity index (χ4n) is 5.01.